The number of hydrogen-bond donors (Lipinski definition) is 2. The smallest absolute Gasteiger partial charge is 0.446 e. The second kappa shape index (κ2) is 16.8. The van der Waals surface area contributed by atoms with Crippen LogP contribution < -0.4 is 0 Å². The number of sulfone groups is 1. The molecule has 0 saturated carbocycles. The summed E-state index contributed by atoms with van der Waals surface area (Å²) in [4.78, 5) is 26.9. The van der Waals surface area contributed by atoms with Gasteiger partial charge in [0, 0.05) is 40.1 Å². The Hall–Kier alpha value is -3.46. The number of aliphatic carboxylic acids is 2. The predicted molar refractivity (Wildman–Crippen MR) is 186 cm³/mol. The van der Waals surface area contributed by atoms with E-state index in [2.05, 4.69) is 4.98 Å². The van der Waals surface area contributed by atoms with Gasteiger partial charge in [0.15, 0.2) is 9.84 Å². The monoisotopic (exact) mass is 735 g/mol. The Kier molecular flexibility index (Phi) is 13.1. The molecule has 2 N–H and O–H groups in total. The third kappa shape index (κ3) is 11.6. The first-order valence-corrected chi connectivity index (χ1v) is 19.4. The molecule has 1 heterocycles. The van der Waals surface area contributed by atoms with Gasteiger partial charge in [0.05, 0.1) is 22.3 Å². The Morgan fingerprint density at radius 2 is 1.44 bits per heavy atom. The van der Waals surface area contributed by atoms with Crippen molar-refractivity contribution in [3.8, 4) is 22.3 Å². The number of alkyl halides is 3. The van der Waals surface area contributed by atoms with Crippen molar-refractivity contribution in [3.63, 3.8) is 0 Å². The normalized spacial score (nSPS) is 11.9. The minimum Gasteiger partial charge on any atom is -0.481 e. The van der Waals surface area contributed by atoms with E-state index in [-0.39, 0.29) is 44.5 Å². The number of halogens is 3. The van der Waals surface area contributed by atoms with Crippen molar-refractivity contribution in [1.29, 1.82) is 0 Å². The van der Waals surface area contributed by atoms with E-state index in [0.29, 0.717) is 35.6 Å². The molecule has 1 aromatic heterocycles. The van der Waals surface area contributed by atoms with Gasteiger partial charge in [0.2, 0.25) is 0 Å². The Bertz CT molecular complexity index is 1820. The zero-order valence-electron chi connectivity index (χ0n) is 25.6. The molecule has 0 unspecified atom stereocenters. The number of carbonyl (C=O) groups is 2. The predicted octanol–water partition coefficient (Wildman–Crippen LogP) is 8.63. The number of benzene rings is 3. The van der Waals surface area contributed by atoms with Crippen LogP contribution in [0, 0.1) is 0 Å². The molecule has 0 fully saturated rings. The molecule has 0 amide bonds. The SMILES string of the molecule is CS(=O)(=O)c1cc(CCc2cc(-c3ccccc3)cc(C(SCCC(=O)O)SCCC(=O)O)c2)ncc1-c1ccc(SC(F)(F)F)cc1. The van der Waals surface area contributed by atoms with E-state index in [1.807, 2.05) is 48.5 Å². The minimum atomic E-state index is -4.44. The van der Waals surface area contributed by atoms with Crippen LogP contribution in [0.15, 0.2) is 94.9 Å². The largest absolute Gasteiger partial charge is 0.481 e. The maximum absolute atomic E-state index is 12.8. The van der Waals surface area contributed by atoms with Crippen molar-refractivity contribution in [1.82, 2.24) is 4.98 Å². The van der Waals surface area contributed by atoms with Gasteiger partial charge < -0.3 is 10.2 Å². The molecular formula is C34H32F3NO6S4. The fourth-order valence-corrected chi connectivity index (χ4v) is 8.88. The molecule has 3 aromatic carbocycles. The Morgan fingerprint density at radius 3 is 2.00 bits per heavy atom. The van der Waals surface area contributed by atoms with Gasteiger partial charge in [-0.3, -0.25) is 14.6 Å². The minimum absolute atomic E-state index is 0.0170. The molecular weight excluding hydrogens is 704 g/mol. The molecule has 4 rings (SSSR count). The van der Waals surface area contributed by atoms with Crippen molar-refractivity contribution in [2.24, 2.45) is 0 Å². The van der Waals surface area contributed by atoms with Crippen molar-refractivity contribution in [2.75, 3.05) is 17.8 Å². The van der Waals surface area contributed by atoms with Crippen LogP contribution in [-0.4, -0.2) is 58.8 Å². The lowest BCUT2D eigenvalue weighted by Crippen LogP contribution is -2.05. The molecule has 254 valence electrons. The van der Waals surface area contributed by atoms with Gasteiger partial charge in [-0.05, 0) is 76.7 Å². The average molecular weight is 736 g/mol. The molecule has 14 heteroatoms. The number of aromatic nitrogens is 1. The molecule has 7 nitrogen and oxygen atoms in total. The van der Waals surface area contributed by atoms with Gasteiger partial charge in [-0.2, -0.15) is 13.2 Å². The third-order valence-electron chi connectivity index (χ3n) is 6.96. The number of pyridine rings is 1. The summed E-state index contributed by atoms with van der Waals surface area (Å²) in [6.45, 7) is 0. The highest BCUT2D eigenvalue weighted by Crippen LogP contribution is 2.42. The molecule has 0 atom stereocenters. The number of carboxylic acid groups (broad SMARTS) is 2. The molecule has 0 saturated heterocycles. The second-order valence-electron chi connectivity index (χ2n) is 10.7. The van der Waals surface area contributed by atoms with Crippen molar-refractivity contribution >= 4 is 57.1 Å². The fourth-order valence-electron chi connectivity index (χ4n) is 4.79. The number of thioether (sulfide) groups is 3. The summed E-state index contributed by atoms with van der Waals surface area (Å²) >= 11 is 2.63. The maximum atomic E-state index is 12.8. The van der Waals surface area contributed by atoms with E-state index >= 15 is 0 Å². The lowest BCUT2D eigenvalue weighted by molar-refractivity contribution is -0.137. The molecule has 4 aromatic rings. The average Bonchev–Trinajstić information content (AvgIpc) is 3.02. The van der Waals surface area contributed by atoms with Gasteiger partial charge in [0.1, 0.15) is 0 Å². The van der Waals surface area contributed by atoms with E-state index < -0.39 is 27.3 Å². The standard InChI is InChI=1S/C34H32F3NO6S4/c1-48(43,44)30-20-27(38-21-29(30)24-8-11-28(12-9-24)47-34(35,36)37)10-7-22-17-25(23-5-3-2-4-6-23)19-26(18-22)33(45-15-13-31(39)40)46-16-14-32(41)42/h2-6,8-9,11-12,17-21,33H,7,10,13-16H2,1H3,(H,39,40)(H,41,42). The first-order valence-electron chi connectivity index (χ1n) is 14.6. The van der Waals surface area contributed by atoms with Crippen LogP contribution >= 0.6 is 35.3 Å². The van der Waals surface area contributed by atoms with E-state index in [1.165, 1.54) is 60.1 Å². The molecule has 0 spiro atoms. The summed E-state index contributed by atoms with van der Waals surface area (Å²) in [7, 11) is -3.73. The highest BCUT2D eigenvalue weighted by atomic mass is 32.2. The Balaban J connectivity index is 1.64. The highest BCUT2D eigenvalue weighted by molar-refractivity contribution is 8.16. The quantitative estimate of drug-likeness (QED) is 0.0855. The topological polar surface area (TPSA) is 122 Å². The Labute approximate surface area is 289 Å². The first kappa shape index (κ1) is 37.4. The van der Waals surface area contributed by atoms with Gasteiger partial charge >= 0.3 is 17.4 Å². The van der Waals surface area contributed by atoms with Crippen LogP contribution in [0.2, 0.25) is 0 Å². The van der Waals surface area contributed by atoms with Gasteiger partial charge in [-0.25, -0.2) is 8.42 Å². The van der Waals surface area contributed by atoms with E-state index in [1.54, 1.807) is 0 Å². The summed E-state index contributed by atoms with van der Waals surface area (Å²) < 4.78 is 63.8. The van der Waals surface area contributed by atoms with Crippen LogP contribution in [0.1, 0.15) is 34.2 Å². The highest BCUT2D eigenvalue weighted by Gasteiger charge is 2.29. The van der Waals surface area contributed by atoms with Gasteiger partial charge in [-0.1, -0.05) is 54.6 Å². The lowest BCUT2D eigenvalue weighted by Gasteiger charge is -2.19. The summed E-state index contributed by atoms with van der Waals surface area (Å²) in [5, 5.41) is 18.4. The number of rotatable bonds is 16. The summed E-state index contributed by atoms with van der Waals surface area (Å²) in [5.74, 6) is -1.14. The second-order valence-corrected chi connectivity index (χ2v) is 16.6. The number of carboxylic acids is 2. The summed E-state index contributed by atoms with van der Waals surface area (Å²) in [6.07, 6.45) is 3.30. The fraction of sp³-hybridized carbons (Fsp3) is 0.265. The van der Waals surface area contributed by atoms with Crippen LogP contribution in [0.3, 0.4) is 0 Å². The van der Waals surface area contributed by atoms with Gasteiger partial charge in [0.25, 0.3) is 0 Å². The third-order valence-corrected chi connectivity index (χ3v) is 11.7. The molecule has 0 aliphatic carbocycles. The number of hydrogen-bond acceptors (Lipinski definition) is 8. The van der Waals surface area contributed by atoms with Crippen molar-refractivity contribution < 1.29 is 41.4 Å². The van der Waals surface area contributed by atoms with E-state index in [9.17, 15) is 41.4 Å². The summed E-state index contributed by atoms with van der Waals surface area (Å²) in [6, 6.07) is 22.7. The molecule has 0 aliphatic rings. The lowest BCUT2D eigenvalue weighted by atomic mass is 9.97. The Morgan fingerprint density at radius 1 is 0.812 bits per heavy atom. The van der Waals surface area contributed by atoms with Crippen LogP contribution in [-0.2, 0) is 32.3 Å². The summed E-state index contributed by atoms with van der Waals surface area (Å²) in [5.41, 5.74) is 0.514. The first-order chi connectivity index (χ1) is 22.7. The zero-order valence-corrected chi connectivity index (χ0v) is 28.9. The van der Waals surface area contributed by atoms with E-state index in [4.69, 9.17) is 0 Å². The van der Waals surface area contributed by atoms with Crippen molar-refractivity contribution in [2.45, 2.75) is 45.6 Å². The molecule has 0 bridgehead atoms. The molecule has 48 heavy (non-hydrogen) atoms. The number of aryl methyl sites for hydroxylation is 2. The zero-order chi connectivity index (χ0) is 34.9. The van der Waals surface area contributed by atoms with E-state index in [0.717, 1.165) is 28.5 Å². The van der Waals surface area contributed by atoms with Crippen LogP contribution in [0.4, 0.5) is 13.2 Å². The van der Waals surface area contributed by atoms with Crippen molar-refractivity contribution in [3.05, 3.63) is 102 Å². The van der Waals surface area contributed by atoms with Crippen LogP contribution in [0.25, 0.3) is 22.3 Å². The van der Waals surface area contributed by atoms with Crippen LogP contribution in [0.5, 0.6) is 0 Å². The maximum Gasteiger partial charge on any atom is 0.446 e. The number of nitrogens with zero attached hydrogens (tertiary/aromatic N) is 1. The van der Waals surface area contributed by atoms with Gasteiger partial charge in [-0.15, -0.1) is 23.5 Å². The molecule has 0 aliphatic heterocycles. The molecule has 0 radical (unpaired) electrons.